The van der Waals surface area contributed by atoms with Gasteiger partial charge in [-0.25, -0.2) is 0 Å². The highest BCUT2D eigenvalue weighted by Gasteiger charge is 2.26. The summed E-state index contributed by atoms with van der Waals surface area (Å²) in [7, 11) is 0. The first kappa shape index (κ1) is 11.9. The van der Waals surface area contributed by atoms with Gasteiger partial charge in [-0.05, 0) is 17.5 Å². The molecule has 0 amide bonds. The number of epoxide rings is 1. The Balaban J connectivity index is 1.73. The van der Waals surface area contributed by atoms with Gasteiger partial charge in [-0.2, -0.15) is 0 Å². The summed E-state index contributed by atoms with van der Waals surface area (Å²) in [5.74, 6) is 0. The van der Waals surface area contributed by atoms with E-state index in [9.17, 15) is 0 Å². The molecule has 1 heterocycles. The molecule has 1 aromatic carbocycles. The van der Waals surface area contributed by atoms with Crippen LogP contribution in [0.3, 0.4) is 0 Å². The first-order valence-corrected chi connectivity index (χ1v) is 5.66. The Kier molecular flexibility index (Phi) is 4.38. The number of hydrogen-bond acceptors (Lipinski definition) is 3. The molecule has 5 nitrogen and oxygen atoms in total. The first-order chi connectivity index (χ1) is 8.38. The van der Waals surface area contributed by atoms with Crippen LogP contribution >= 0.6 is 0 Å². The number of hydrogen-bond donors (Lipinski definition) is 0. The quantitative estimate of drug-likeness (QED) is 0.314. The van der Waals surface area contributed by atoms with Gasteiger partial charge < -0.3 is 9.47 Å². The van der Waals surface area contributed by atoms with Crippen molar-refractivity contribution in [1.29, 1.82) is 0 Å². The second kappa shape index (κ2) is 6.25. The minimum absolute atomic E-state index is 0.129. The Morgan fingerprint density at radius 2 is 2.24 bits per heavy atom. The zero-order valence-electron chi connectivity index (χ0n) is 9.53. The zero-order valence-corrected chi connectivity index (χ0v) is 9.53. The minimum Gasteiger partial charge on any atom is -0.376 e. The van der Waals surface area contributed by atoms with Gasteiger partial charge in [0.1, 0.15) is 0 Å². The topological polar surface area (TPSA) is 70.5 Å². The highest BCUT2D eigenvalue weighted by atomic mass is 16.6. The maximum Gasteiger partial charge on any atom is 0.0814 e. The standard InChI is InChI=1S/C12H15N3O2/c13-15-14-11(6-12-9-17-12)8-16-7-10-4-2-1-3-5-10/h1-5,11-12H,6-9H2/t11-,12-/m1/s1. The van der Waals surface area contributed by atoms with Crippen LogP contribution in [0, 0.1) is 0 Å². The van der Waals surface area contributed by atoms with Gasteiger partial charge >= 0.3 is 0 Å². The van der Waals surface area contributed by atoms with E-state index in [0.717, 1.165) is 18.6 Å². The van der Waals surface area contributed by atoms with Crippen molar-refractivity contribution in [2.24, 2.45) is 5.11 Å². The van der Waals surface area contributed by atoms with E-state index in [1.807, 2.05) is 30.3 Å². The second-order valence-corrected chi connectivity index (χ2v) is 4.05. The lowest BCUT2D eigenvalue weighted by Crippen LogP contribution is -2.15. The van der Waals surface area contributed by atoms with E-state index >= 15 is 0 Å². The van der Waals surface area contributed by atoms with Crippen LogP contribution in [0.1, 0.15) is 12.0 Å². The molecule has 0 N–H and O–H groups in total. The van der Waals surface area contributed by atoms with Crippen molar-refractivity contribution in [3.05, 3.63) is 46.3 Å². The summed E-state index contributed by atoms with van der Waals surface area (Å²) in [5, 5.41) is 3.71. The lowest BCUT2D eigenvalue weighted by molar-refractivity contribution is 0.104. The second-order valence-electron chi connectivity index (χ2n) is 4.05. The molecule has 0 radical (unpaired) electrons. The molecular formula is C12H15N3O2. The molecule has 0 spiro atoms. The first-order valence-electron chi connectivity index (χ1n) is 5.66. The molecule has 0 saturated carbocycles. The van der Waals surface area contributed by atoms with Gasteiger partial charge in [0.15, 0.2) is 0 Å². The van der Waals surface area contributed by atoms with Crippen LogP contribution in [-0.4, -0.2) is 25.4 Å². The van der Waals surface area contributed by atoms with Crippen LogP contribution in [0.25, 0.3) is 10.4 Å². The fourth-order valence-corrected chi connectivity index (χ4v) is 1.62. The molecule has 0 aromatic heterocycles. The minimum atomic E-state index is -0.129. The van der Waals surface area contributed by atoms with Gasteiger partial charge in [-0.1, -0.05) is 35.4 Å². The fourth-order valence-electron chi connectivity index (χ4n) is 1.62. The van der Waals surface area contributed by atoms with E-state index in [0.29, 0.717) is 13.2 Å². The van der Waals surface area contributed by atoms with Crippen LogP contribution in [0.5, 0.6) is 0 Å². The van der Waals surface area contributed by atoms with E-state index < -0.39 is 0 Å². The van der Waals surface area contributed by atoms with E-state index in [-0.39, 0.29) is 12.1 Å². The van der Waals surface area contributed by atoms with E-state index in [1.165, 1.54) is 0 Å². The van der Waals surface area contributed by atoms with Crippen LogP contribution in [0.4, 0.5) is 0 Å². The number of rotatable bonds is 7. The summed E-state index contributed by atoms with van der Waals surface area (Å²) in [5.41, 5.74) is 9.57. The molecule has 1 aliphatic rings. The average Bonchev–Trinajstić information content (AvgIpc) is 3.15. The molecule has 5 heteroatoms. The third kappa shape index (κ3) is 4.44. The van der Waals surface area contributed by atoms with E-state index in [1.54, 1.807) is 0 Å². The maximum atomic E-state index is 8.45. The lowest BCUT2D eigenvalue weighted by Gasteiger charge is -2.10. The van der Waals surface area contributed by atoms with Crippen molar-refractivity contribution in [1.82, 2.24) is 0 Å². The molecular weight excluding hydrogens is 218 g/mol. The summed E-state index contributed by atoms with van der Waals surface area (Å²) in [6.07, 6.45) is 1.00. The largest absolute Gasteiger partial charge is 0.376 e. The maximum absolute atomic E-state index is 8.45. The monoisotopic (exact) mass is 233 g/mol. The lowest BCUT2D eigenvalue weighted by atomic mass is 10.2. The van der Waals surface area contributed by atoms with Crippen molar-refractivity contribution < 1.29 is 9.47 Å². The van der Waals surface area contributed by atoms with Gasteiger partial charge in [0.25, 0.3) is 0 Å². The number of nitrogens with zero attached hydrogens (tertiary/aromatic N) is 3. The third-order valence-corrected chi connectivity index (χ3v) is 2.57. The zero-order chi connectivity index (χ0) is 11.9. The van der Waals surface area contributed by atoms with Gasteiger partial charge in [-0.3, -0.25) is 0 Å². The average molecular weight is 233 g/mol. The normalized spacial score (nSPS) is 19.4. The predicted octanol–water partition coefficient (Wildman–Crippen LogP) is 2.67. The SMILES string of the molecule is [N-]=[N+]=N[C@@H](COCc1ccccc1)C[C@@H]1CO1. The van der Waals surface area contributed by atoms with Crippen molar-refractivity contribution in [2.75, 3.05) is 13.2 Å². The molecule has 0 aliphatic carbocycles. The van der Waals surface area contributed by atoms with Gasteiger partial charge in [0.05, 0.1) is 32.0 Å². The van der Waals surface area contributed by atoms with Crippen LogP contribution in [-0.2, 0) is 16.1 Å². The summed E-state index contributed by atoms with van der Waals surface area (Å²) < 4.78 is 10.7. The Morgan fingerprint density at radius 1 is 1.47 bits per heavy atom. The van der Waals surface area contributed by atoms with Crippen molar-refractivity contribution >= 4 is 0 Å². The van der Waals surface area contributed by atoms with Crippen molar-refractivity contribution in [3.63, 3.8) is 0 Å². The molecule has 2 atom stereocenters. The molecule has 17 heavy (non-hydrogen) atoms. The Hall–Kier alpha value is -1.55. The highest BCUT2D eigenvalue weighted by Crippen LogP contribution is 2.18. The number of azide groups is 1. The smallest absolute Gasteiger partial charge is 0.0814 e. The summed E-state index contributed by atoms with van der Waals surface area (Å²) in [4.78, 5) is 2.83. The molecule has 1 saturated heterocycles. The molecule has 0 unspecified atom stereocenters. The van der Waals surface area contributed by atoms with Crippen molar-refractivity contribution in [3.8, 4) is 0 Å². The molecule has 0 bridgehead atoms. The van der Waals surface area contributed by atoms with Gasteiger partial charge in [0, 0.05) is 4.91 Å². The summed E-state index contributed by atoms with van der Waals surface area (Å²) >= 11 is 0. The number of ether oxygens (including phenoxy) is 2. The third-order valence-electron chi connectivity index (χ3n) is 2.57. The highest BCUT2D eigenvalue weighted by molar-refractivity contribution is 5.13. The fraction of sp³-hybridized carbons (Fsp3) is 0.500. The summed E-state index contributed by atoms with van der Waals surface area (Å²) in [6.45, 7) is 1.76. The molecule has 1 aromatic rings. The van der Waals surface area contributed by atoms with Gasteiger partial charge in [0.2, 0.25) is 0 Å². The Bertz CT molecular complexity index is 386. The van der Waals surface area contributed by atoms with E-state index in [2.05, 4.69) is 10.0 Å². The molecule has 90 valence electrons. The Labute approximate surface area is 100.0 Å². The molecule has 1 fully saturated rings. The van der Waals surface area contributed by atoms with Crippen molar-refractivity contribution in [2.45, 2.75) is 25.2 Å². The van der Waals surface area contributed by atoms with Gasteiger partial charge in [-0.15, -0.1) is 0 Å². The Morgan fingerprint density at radius 3 is 2.88 bits per heavy atom. The number of benzene rings is 1. The van der Waals surface area contributed by atoms with Crippen LogP contribution in [0.2, 0.25) is 0 Å². The molecule has 2 rings (SSSR count). The molecule has 1 aliphatic heterocycles. The summed E-state index contributed by atoms with van der Waals surface area (Å²) in [6, 6.07) is 9.80. The van der Waals surface area contributed by atoms with Crippen LogP contribution < -0.4 is 0 Å². The van der Waals surface area contributed by atoms with E-state index in [4.69, 9.17) is 15.0 Å². The predicted molar refractivity (Wildman–Crippen MR) is 63.4 cm³/mol. The van der Waals surface area contributed by atoms with Crippen LogP contribution in [0.15, 0.2) is 35.4 Å².